The van der Waals surface area contributed by atoms with Crippen LogP contribution in [0.25, 0.3) is 0 Å². The van der Waals surface area contributed by atoms with E-state index in [0.717, 1.165) is 56.2 Å². The van der Waals surface area contributed by atoms with Gasteiger partial charge >= 0.3 is 6.03 Å². The highest BCUT2D eigenvalue weighted by molar-refractivity contribution is 6.30. The first-order chi connectivity index (χ1) is 12.6. The number of benzene rings is 2. The summed E-state index contributed by atoms with van der Waals surface area (Å²) in [5, 5.41) is 3.99. The van der Waals surface area contributed by atoms with Crippen molar-refractivity contribution in [3.8, 4) is 0 Å². The monoisotopic (exact) mass is 369 g/mol. The predicted molar refractivity (Wildman–Crippen MR) is 104 cm³/mol. The first-order valence-corrected chi connectivity index (χ1v) is 9.62. The lowest BCUT2D eigenvalue weighted by Gasteiger charge is -2.35. The summed E-state index contributed by atoms with van der Waals surface area (Å²) in [4.78, 5) is 17.1. The third-order valence-electron chi connectivity index (χ3n) is 5.40. The molecule has 0 atom stereocenters. The summed E-state index contributed by atoms with van der Waals surface area (Å²) in [6.07, 6.45) is 1.99. The Morgan fingerprint density at radius 2 is 1.62 bits per heavy atom. The maximum Gasteiger partial charge on any atom is 0.318 e. The minimum Gasteiger partial charge on any atom is -0.328 e. The molecule has 26 heavy (non-hydrogen) atoms. The number of carbonyl (C=O) groups is 1. The molecule has 1 N–H and O–H groups in total. The van der Waals surface area contributed by atoms with Crippen LogP contribution in [0.15, 0.2) is 54.6 Å². The van der Waals surface area contributed by atoms with E-state index in [-0.39, 0.29) is 11.6 Å². The number of nitrogens with zero attached hydrogens (tertiary/aromatic N) is 2. The maximum atomic E-state index is 12.7. The van der Waals surface area contributed by atoms with E-state index in [0.29, 0.717) is 0 Å². The van der Waals surface area contributed by atoms with Crippen molar-refractivity contribution in [2.24, 2.45) is 0 Å². The van der Waals surface area contributed by atoms with E-state index in [1.165, 1.54) is 5.56 Å². The average Bonchev–Trinajstić information content (AvgIpc) is 3.44. The number of carbonyl (C=O) groups excluding carboxylic acids is 1. The second-order valence-corrected chi connectivity index (χ2v) is 7.70. The predicted octanol–water partition coefficient (Wildman–Crippen LogP) is 3.86. The van der Waals surface area contributed by atoms with Crippen molar-refractivity contribution < 1.29 is 4.79 Å². The van der Waals surface area contributed by atoms with E-state index in [9.17, 15) is 4.79 Å². The van der Waals surface area contributed by atoms with Crippen LogP contribution in [-0.2, 0) is 12.1 Å². The highest BCUT2D eigenvalue weighted by atomic mass is 35.5. The highest BCUT2D eigenvalue weighted by Crippen LogP contribution is 2.45. The summed E-state index contributed by atoms with van der Waals surface area (Å²) in [6, 6.07) is 18.4. The van der Waals surface area contributed by atoms with Crippen LogP contribution in [0.4, 0.5) is 4.79 Å². The van der Waals surface area contributed by atoms with Crippen molar-refractivity contribution in [3.05, 3.63) is 70.7 Å². The summed E-state index contributed by atoms with van der Waals surface area (Å²) in [5.74, 6) is 0. The molecule has 2 fully saturated rings. The first kappa shape index (κ1) is 17.4. The van der Waals surface area contributed by atoms with Crippen LogP contribution in [0.1, 0.15) is 24.0 Å². The molecule has 1 aliphatic carbocycles. The molecule has 2 aromatic rings. The standard InChI is InChI=1S/C21H24ClN3O/c22-19-8-6-18(7-9-19)21(10-11-21)23-20(26)25-14-12-24(13-15-25)16-17-4-2-1-3-5-17/h1-9H,10-16H2,(H,23,26). The van der Waals surface area contributed by atoms with Crippen molar-refractivity contribution in [2.45, 2.75) is 24.9 Å². The van der Waals surface area contributed by atoms with Gasteiger partial charge in [-0.05, 0) is 36.1 Å². The van der Waals surface area contributed by atoms with Crippen molar-refractivity contribution in [3.63, 3.8) is 0 Å². The SMILES string of the molecule is O=C(NC1(c2ccc(Cl)cc2)CC1)N1CCN(Cc2ccccc2)CC1. The molecular weight excluding hydrogens is 346 g/mol. The molecule has 0 bridgehead atoms. The third kappa shape index (κ3) is 3.87. The second kappa shape index (κ2) is 7.29. The van der Waals surface area contributed by atoms with Crippen molar-refractivity contribution in [2.75, 3.05) is 26.2 Å². The van der Waals surface area contributed by atoms with Crippen LogP contribution in [0, 0.1) is 0 Å². The molecule has 0 unspecified atom stereocenters. The van der Waals surface area contributed by atoms with Crippen LogP contribution >= 0.6 is 11.6 Å². The van der Waals surface area contributed by atoms with E-state index in [1.807, 2.05) is 35.2 Å². The molecule has 2 amide bonds. The zero-order valence-electron chi connectivity index (χ0n) is 14.8. The molecule has 2 aromatic carbocycles. The Morgan fingerprint density at radius 3 is 2.23 bits per heavy atom. The zero-order valence-corrected chi connectivity index (χ0v) is 15.6. The largest absolute Gasteiger partial charge is 0.328 e. The van der Waals surface area contributed by atoms with Gasteiger partial charge in [0.05, 0.1) is 5.54 Å². The molecule has 0 spiro atoms. The number of piperazine rings is 1. The fourth-order valence-electron chi connectivity index (χ4n) is 3.61. The lowest BCUT2D eigenvalue weighted by Crippen LogP contribution is -2.53. The van der Waals surface area contributed by atoms with Crippen molar-refractivity contribution in [1.29, 1.82) is 0 Å². The molecule has 4 rings (SSSR count). The van der Waals surface area contributed by atoms with E-state index >= 15 is 0 Å². The molecule has 1 saturated carbocycles. The molecule has 2 aliphatic rings. The van der Waals surface area contributed by atoms with Gasteiger partial charge in [0.25, 0.3) is 0 Å². The summed E-state index contributed by atoms with van der Waals surface area (Å²) in [5.41, 5.74) is 2.28. The molecule has 5 heteroatoms. The van der Waals surface area contributed by atoms with Gasteiger partial charge in [-0.15, -0.1) is 0 Å². The van der Waals surface area contributed by atoms with Crippen molar-refractivity contribution >= 4 is 17.6 Å². The van der Waals surface area contributed by atoms with Gasteiger partial charge in [0.2, 0.25) is 0 Å². The van der Waals surface area contributed by atoms with E-state index < -0.39 is 0 Å². The summed E-state index contributed by atoms with van der Waals surface area (Å²) in [6.45, 7) is 4.32. The summed E-state index contributed by atoms with van der Waals surface area (Å²) in [7, 11) is 0. The lowest BCUT2D eigenvalue weighted by molar-refractivity contribution is 0.132. The number of halogens is 1. The van der Waals surface area contributed by atoms with Gasteiger partial charge in [0.15, 0.2) is 0 Å². The van der Waals surface area contributed by atoms with Crippen LogP contribution in [0.3, 0.4) is 0 Å². The topological polar surface area (TPSA) is 35.6 Å². The lowest BCUT2D eigenvalue weighted by atomic mass is 10.1. The number of hydrogen-bond acceptors (Lipinski definition) is 2. The van der Waals surface area contributed by atoms with Crippen LogP contribution in [-0.4, -0.2) is 42.0 Å². The molecule has 4 nitrogen and oxygen atoms in total. The Balaban J connectivity index is 1.30. The fourth-order valence-corrected chi connectivity index (χ4v) is 3.74. The quantitative estimate of drug-likeness (QED) is 0.888. The minimum absolute atomic E-state index is 0.0526. The van der Waals surface area contributed by atoms with Gasteiger partial charge in [0.1, 0.15) is 0 Å². The van der Waals surface area contributed by atoms with Crippen LogP contribution < -0.4 is 5.32 Å². The molecular formula is C21H24ClN3O. The first-order valence-electron chi connectivity index (χ1n) is 9.24. The molecule has 0 aromatic heterocycles. The minimum atomic E-state index is -0.192. The average molecular weight is 370 g/mol. The van der Waals surface area contributed by atoms with E-state index in [2.05, 4.69) is 34.5 Å². The third-order valence-corrected chi connectivity index (χ3v) is 5.65. The van der Waals surface area contributed by atoms with Crippen LogP contribution in [0.5, 0.6) is 0 Å². The Kier molecular flexibility index (Phi) is 4.88. The number of rotatable bonds is 4. The Bertz CT molecular complexity index is 751. The molecule has 0 radical (unpaired) electrons. The van der Waals surface area contributed by atoms with Gasteiger partial charge in [-0.1, -0.05) is 54.1 Å². The number of nitrogens with one attached hydrogen (secondary N) is 1. The van der Waals surface area contributed by atoms with Gasteiger partial charge in [-0.25, -0.2) is 4.79 Å². The Labute approximate surface area is 159 Å². The van der Waals surface area contributed by atoms with Crippen molar-refractivity contribution in [1.82, 2.24) is 15.1 Å². The Morgan fingerprint density at radius 1 is 0.962 bits per heavy atom. The molecule has 1 saturated heterocycles. The summed E-state index contributed by atoms with van der Waals surface area (Å²) < 4.78 is 0. The molecule has 136 valence electrons. The highest BCUT2D eigenvalue weighted by Gasteiger charge is 2.46. The summed E-state index contributed by atoms with van der Waals surface area (Å²) >= 11 is 5.98. The smallest absolute Gasteiger partial charge is 0.318 e. The normalized spacial score (nSPS) is 19.2. The molecule has 1 aliphatic heterocycles. The zero-order chi connectivity index (χ0) is 18.0. The van der Waals surface area contributed by atoms with Gasteiger partial charge < -0.3 is 10.2 Å². The molecule has 1 heterocycles. The second-order valence-electron chi connectivity index (χ2n) is 7.27. The Hall–Kier alpha value is -2.04. The van der Waals surface area contributed by atoms with Gasteiger partial charge in [-0.2, -0.15) is 0 Å². The number of urea groups is 1. The van der Waals surface area contributed by atoms with Gasteiger partial charge in [0, 0.05) is 37.7 Å². The maximum absolute atomic E-state index is 12.7. The fraction of sp³-hybridized carbons (Fsp3) is 0.381. The number of amides is 2. The number of hydrogen-bond donors (Lipinski definition) is 1. The van der Waals surface area contributed by atoms with E-state index in [1.54, 1.807) is 0 Å². The van der Waals surface area contributed by atoms with Gasteiger partial charge in [-0.3, -0.25) is 4.90 Å². The van der Waals surface area contributed by atoms with Crippen LogP contribution in [0.2, 0.25) is 5.02 Å². The van der Waals surface area contributed by atoms with E-state index in [4.69, 9.17) is 11.6 Å².